The van der Waals surface area contributed by atoms with Gasteiger partial charge in [0.2, 0.25) is 0 Å². The number of hydrogen-bond acceptors (Lipinski definition) is 3. The van der Waals surface area contributed by atoms with Crippen LogP contribution in [0.4, 0.5) is 4.39 Å². The quantitative estimate of drug-likeness (QED) is 0.851. The van der Waals surface area contributed by atoms with Crippen molar-refractivity contribution in [3.8, 4) is 0 Å². The average molecular weight is 258 g/mol. The molecule has 1 aromatic carbocycles. The van der Waals surface area contributed by atoms with Crippen LogP contribution in [-0.2, 0) is 0 Å². The SMILES string of the molecule is O=C(CNC(=O)c1ccncc1)c1ccc(F)cc1. The van der Waals surface area contributed by atoms with Crippen molar-refractivity contribution in [2.45, 2.75) is 0 Å². The number of carbonyl (C=O) groups is 2. The van der Waals surface area contributed by atoms with E-state index in [9.17, 15) is 14.0 Å². The second-order valence-electron chi connectivity index (χ2n) is 3.85. The number of pyridine rings is 1. The van der Waals surface area contributed by atoms with E-state index in [0.29, 0.717) is 11.1 Å². The Labute approximate surface area is 109 Å². The summed E-state index contributed by atoms with van der Waals surface area (Å²) in [5.74, 6) is -1.03. The van der Waals surface area contributed by atoms with Crippen LogP contribution < -0.4 is 5.32 Å². The van der Waals surface area contributed by atoms with Crippen molar-refractivity contribution in [3.05, 3.63) is 65.7 Å². The normalized spacial score (nSPS) is 9.95. The third-order valence-electron chi connectivity index (χ3n) is 2.52. The van der Waals surface area contributed by atoms with Gasteiger partial charge in [-0.05, 0) is 36.4 Å². The number of amides is 1. The minimum absolute atomic E-state index is 0.132. The summed E-state index contributed by atoms with van der Waals surface area (Å²) in [5.41, 5.74) is 0.790. The molecule has 0 fully saturated rings. The molecule has 4 nitrogen and oxygen atoms in total. The Morgan fingerprint density at radius 1 is 1.00 bits per heavy atom. The van der Waals surface area contributed by atoms with Gasteiger partial charge >= 0.3 is 0 Å². The molecule has 5 heteroatoms. The smallest absolute Gasteiger partial charge is 0.251 e. The lowest BCUT2D eigenvalue weighted by Gasteiger charge is -2.04. The van der Waals surface area contributed by atoms with E-state index in [1.54, 1.807) is 12.1 Å². The highest BCUT2D eigenvalue weighted by Crippen LogP contribution is 2.03. The maximum Gasteiger partial charge on any atom is 0.251 e. The number of Topliss-reactive ketones (excluding diaryl/α,β-unsaturated/α-hetero) is 1. The van der Waals surface area contributed by atoms with Crippen molar-refractivity contribution in [3.63, 3.8) is 0 Å². The lowest BCUT2D eigenvalue weighted by molar-refractivity contribution is 0.0904. The molecule has 1 aromatic heterocycles. The van der Waals surface area contributed by atoms with Gasteiger partial charge in [-0.3, -0.25) is 14.6 Å². The highest BCUT2D eigenvalue weighted by Gasteiger charge is 2.09. The van der Waals surface area contributed by atoms with E-state index in [4.69, 9.17) is 0 Å². The van der Waals surface area contributed by atoms with Gasteiger partial charge in [-0.25, -0.2) is 4.39 Å². The zero-order valence-corrected chi connectivity index (χ0v) is 9.97. The van der Waals surface area contributed by atoms with E-state index in [-0.39, 0.29) is 18.2 Å². The summed E-state index contributed by atoms with van der Waals surface area (Å²) in [4.78, 5) is 27.2. The topological polar surface area (TPSA) is 59.1 Å². The molecule has 0 saturated heterocycles. The van der Waals surface area contributed by atoms with Gasteiger partial charge in [0.1, 0.15) is 5.82 Å². The molecule has 96 valence electrons. The molecule has 0 atom stereocenters. The van der Waals surface area contributed by atoms with E-state index < -0.39 is 5.82 Å². The Morgan fingerprint density at radius 3 is 2.26 bits per heavy atom. The Kier molecular flexibility index (Phi) is 3.97. The predicted molar refractivity (Wildman–Crippen MR) is 67.3 cm³/mol. The van der Waals surface area contributed by atoms with Crippen LogP contribution in [0, 0.1) is 5.82 Å². The highest BCUT2D eigenvalue weighted by atomic mass is 19.1. The third-order valence-corrected chi connectivity index (χ3v) is 2.52. The van der Waals surface area contributed by atoms with Gasteiger partial charge in [-0.1, -0.05) is 0 Å². The first kappa shape index (κ1) is 12.9. The molecule has 0 aliphatic rings. The van der Waals surface area contributed by atoms with Gasteiger partial charge in [0.15, 0.2) is 5.78 Å². The van der Waals surface area contributed by atoms with Crippen molar-refractivity contribution >= 4 is 11.7 Å². The monoisotopic (exact) mass is 258 g/mol. The minimum Gasteiger partial charge on any atom is -0.345 e. The predicted octanol–water partition coefficient (Wildman–Crippen LogP) is 1.83. The van der Waals surface area contributed by atoms with Crippen LogP contribution in [0.15, 0.2) is 48.8 Å². The summed E-state index contributed by atoms with van der Waals surface area (Å²) < 4.78 is 12.7. The molecule has 0 saturated carbocycles. The second kappa shape index (κ2) is 5.86. The number of ketones is 1. The standard InChI is InChI=1S/C14H11FN2O2/c15-12-3-1-10(2-4-12)13(18)9-17-14(19)11-5-7-16-8-6-11/h1-8H,9H2,(H,17,19). The second-order valence-corrected chi connectivity index (χ2v) is 3.85. The number of aromatic nitrogens is 1. The lowest BCUT2D eigenvalue weighted by atomic mass is 10.1. The van der Waals surface area contributed by atoms with Crippen LogP contribution in [-0.4, -0.2) is 23.2 Å². The molecule has 2 aromatic rings. The molecule has 1 heterocycles. The first-order valence-electron chi connectivity index (χ1n) is 5.64. The average Bonchev–Trinajstić information content (AvgIpc) is 2.46. The van der Waals surface area contributed by atoms with Gasteiger partial charge in [-0.15, -0.1) is 0 Å². The zero-order valence-electron chi connectivity index (χ0n) is 9.97. The van der Waals surface area contributed by atoms with Crippen LogP contribution in [0.2, 0.25) is 0 Å². The molecule has 0 spiro atoms. The number of hydrogen-bond donors (Lipinski definition) is 1. The number of carbonyl (C=O) groups excluding carboxylic acids is 2. The molecule has 1 amide bonds. The Hall–Kier alpha value is -2.56. The summed E-state index contributed by atoms with van der Waals surface area (Å²) in [7, 11) is 0. The Balaban J connectivity index is 1.94. The molecule has 19 heavy (non-hydrogen) atoms. The van der Waals surface area contributed by atoms with Gasteiger partial charge < -0.3 is 5.32 Å². The molecule has 0 unspecified atom stereocenters. The molecular formula is C14H11FN2O2. The molecule has 0 aliphatic carbocycles. The first-order valence-corrected chi connectivity index (χ1v) is 5.64. The molecule has 0 radical (unpaired) electrons. The summed E-state index contributed by atoms with van der Waals surface area (Å²) in [6.45, 7) is -0.132. The van der Waals surface area contributed by atoms with E-state index >= 15 is 0 Å². The fraction of sp³-hybridized carbons (Fsp3) is 0.0714. The highest BCUT2D eigenvalue weighted by molar-refractivity contribution is 6.02. The number of nitrogens with one attached hydrogen (secondary N) is 1. The van der Waals surface area contributed by atoms with E-state index in [2.05, 4.69) is 10.3 Å². The molecule has 1 N–H and O–H groups in total. The van der Waals surface area contributed by atoms with Crippen LogP contribution in [0.1, 0.15) is 20.7 Å². The summed E-state index contributed by atoms with van der Waals surface area (Å²) in [6, 6.07) is 8.29. The van der Waals surface area contributed by atoms with E-state index in [1.165, 1.54) is 36.7 Å². The van der Waals surface area contributed by atoms with Crippen LogP contribution in [0.5, 0.6) is 0 Å². The first-order chi connectivity index (χ1) is 9.16. The van der Waals surface area contributed by atoms with Crippen LogP contribution in [0.3, 0.4) is 0 Å². The van der Waals surface area contributed by atoms with Gasteiger partial charge in [0, 0.05) is 23.5 Å². The van der Waals surface area contributed by atoms with Crippen LogP contribution in [0.25, 0.3) is 0 Å². The van der Waals surface area contributed by atoms with Crippen molar-refractivity contribution < 1.29 is 14.0 Å². The number of halogens is 1. The molecular weight excluding hydrogens is 247 g/mol. The molecule has 0 bridgehead atoms. The Bertz CT molecular complexity index is 582. The number of nitrogens with zero attached hydrogens (tertiary/aromatic N) is 1. The fourth-order valence-corrected chi connectivity index (χ4v) is 1.50. The number of rotatable bonds is 4. The third kappa shape index (κ3) is 3.45. The lowest BCUT2D eigenvalue weighted by Crippen LogP contribution is -2.29. The maximum absolute atomic E-state index is 12.7. The molecule has 2 rings (SSSR count). The van der Waals surface area contributed by atoms with E-state index in [1.807, 2.05) is 0 Å². The fourth-order valence-electron chi connectivity index (χ4n) is 1.50. The zero-order chi connectivity index (χ0) is 13.7. The summed E-state index contributed by atoms with van der Waals surface area (Å²) in [5, 5.41) is 2.50. The summed E-state index contributed by atoms with van der Waals surface area (Å²) >= 11 is 0. The number of benzene rings is 1. The van der Waals surface area contributed by atoms with Crippen molar-refractivity contribution in [2.75, 3.05) is 6.54 Å². The van der Waals surface area contributed by atoms with Gasteiger partial charge in [-0.2, -0.15) is 0 Å². The van der Waals surface area contributed by atoms with Gasteiger partial charge in [0.05, 0.1) is 6.54 Å². The van der Waals surface area contributed by atoms with Crippen molar-refractivity contribution in [1.29, 1.82) is 0 Å². The largest absolute Gasteiger partial charge is 0.345 e. The van der Waals surface area contributed by atoms with Gasteiger partial charge in [0.25, 0.3) is 5.91 Å². The van der Waals surface area contributed by atoms with E-state index in [0.717, 1.165) is 0 Å². The van der Waals surface area contributed by atoms with Crippen LogP contribution >= 0.6 is 0 Å². The van der Waals surface area contributed by atoms with Crippen molar-refractivity contribution in [1.82, 2.24) is 10.3 Å². The Morgan fingerprint density at radius 2 is 1.63 bits per heavy atom. The minimum atomic E-state index is -0.405. The maximum atomic E-state index is 12.7. The van der Waals surface area contributed by atoms with Crippen molar-refractivity contribution in [2.24, 2.45) is 0 Å². The molecule has 0 aliphatic heterocycles. The summed E-state index contributed by atoms with van der Waals surface area (Å²) in [6.07, 6.45) is 2.99.